The van der Waals surface area contributed by atoms with E-state index in [0.717, 1.165) is 45.5 Å². The molecule has 1 aliphatic carbocycles. The summed E-state index contributed by atoms with van der Waals surface area (Å²) in [5.74, 6) is -0.0930. The number of carbonyl (C=O) groups excluding carboxylic acids is 1. The molecule has 2 aromatic carbocycles. The SMILES string of the molecule is Cc1sc(NC(=O)Cc2coc3cc4c(cc23)CCC4)nc1-c1ccc(Cl)cc1. The van der Waals surface area contributed by atoms with Crippen molar-refractivity contribution in [3.63, 3.8) is 0 Å². The van der Waals surface area contributed by atoms with Crippen LogP contribution in [0.1, 0.15) is 28.0 Å². The molecule has 0 fully saturated rings. The molecule has 6 heteroatoms. The molecule has 0 aliphatic heterocycles. The normalized spacial score (nSPS) is 13.0. The Bertz CT molecular complexity index is 1220. The molecule has 2 heterocycles. The highest BCUT2D eigenvalue weighted by atomic mass is 35.5. The van der Waals surface area contributed by atoms with Crippen LogP contribution in [0.2, 0.25) is 5.02 Å². The van der Waals surface area contributed by atoms with E-state index in [4.69, 9.17) is 16.0 Å². The molecule has 0 bridgehead atoms. The number of anilines is 1. The summed E-state index contributed by atoms with van der Waals surface area (Å²) in [6, 6.07) is 11.9. The van der Waals surface area contributed by atoms with E-state index in [1.165, 1.54) is 28.9 Å². The molecule has 0 unspecified atom stereocenters. The van der Waals surface area contributed by atoms with Gasteiger partial charge in [-0.1, -0.05) is 23.7 Å². The Hall–Kier alpha value is -2.63. The number of amides is 1. The lowest BCUT2D eigenvalue weighted by atomic mass is 10.0. The minimum absolute atomic E-state index is 0.0930. The summed E-state index contributed by atoms with van der Waals surface area (Å²) < 4.78 is 5.71. The Morgan fingerprint density at radius 1 is 1.21 bits per heavy atom. The van der Waals surface area contributed by atoms with Crippen molar-refractivity contribution in [3.8, 4) is 11.3 Å². The third kappa shape index (κ3) is 3.56. The first kappa shape index (κ1) is 18.4. The lowest BCUT2D eigenvalue weighted by Gasteiger charge is -2.02. The number of fused-ring (bicyclic) bond motifs is 2. The Labute approximate surface area is 177 Å². The van der Waals surface area contributed by atoms with Crippen LogP contribution in [0.15, 0.2) is 47.1 Å². The summed E-state index contributed by atoms with van der Waals surface area (Å²) in [5, 5.41) is 5.27. The number of nitrogens with one attached hydrogen (secondary N) is 1. The second-order valence-electron chi connectivity index (χ2n) is 7.39. The number of hydrogen-bond donors (Lipinski definition) is 1. The first-order valence-corrected chi connectivity index (χ1v) is 10.8. The number of carbonyl (C=O) groups is 1. The number of furan rings is 1. The highest BCUT2D eigenvalue weighted by Crippen LogP contribution is 2.32. The summed E-state index contributed by atoms with van der Waals surface area (Å²) in [6.45, 7) is 2.00. The van der Waals surface area contributed by atoms with Gasteiger partial charge in [0.05, 0.1) is 18.4 Å². The quantitative estimate of drug-likeness (QED) is 0.426. The maximum Gasteiger partial charge on any atom is 0.230 e. The lowest BCUT2D eigenvalue weighted by Crippen LogP contribution is -2.14. The maximum absolute atomic E-state index is 12.7. The number of hydrogen-bond acceptors (Lipinski definition) is 4. The van der Waals surface area contributed by atoms with Crippen molar-refractivity contribution in [1.82, 2.24) is 4.98 Å². The first-order valence-electron chi connectivity index (χ1n) is 9.62. The fraction of sp³-hybridized carbons (Fsp3) is 0.217. The second-order valence-corrected chi connectivity index (χ2v) is 9.03. The van der Waals surface area contributed by atoms with Gasteiger partial charge in [0, 0.05) is 26.4 Å². The largest absolute Gasteiger partial charge is 0.464 e. The molecule has 1 N–H and O–H groups in total. The van der Waals surface area contributed by atoms with Gasteiger partial charge in [0.15, 0.2) is 5.13 Å². The van der Waals surface area contributed by atoms with Crippen molar-refractivity contribution in [2.45, 2.75) is 32.6 Å². The van der Waals surface area contributed by atoms with E-state index in [1.54, 1.807) is 6.26 Å². The Kier molecular flexibility index (Phi) is 4.64. The molecule has 2 aromatic heterocycles. The molecule has 0 saturated carbocycles. The first-order chi connectivity index (χ1) is 14.1. The summed E-state index contributed by atoms with van der Waals surface area (Å²) in [6.07, 6.45) is 5.37. The molecule has 0 radical (unpaired) electrons. The number of halogens is 1. The summed E-state index contributed by atoms with van der Waals surface area (Å²) >= 11 is 7.45. The molecule has 0 atom stereocenters. The molecular formula is C23H19ClN2O2S. The predicted octanol–water partition coefficient (Wildman–Crippen LogP) is 6.19. The number of aryl methyl sites for hydroxylation is 3. The van der Waals surface area contributed by atoms with Crippen molar-refractivity contribution in [2.75, 3.05) is 5.32 Å². The molecule has 1 aliphatic rings. The average Bonchev–Trinajstić information content (AvgIpc) is 3.40. The molecule has 146 valence electrons. The zero-order valence-electron chi connectivity index (χ0n) is 15.9. The van der Waals surface area contributed by atoms with Gasteiger partial charge in [0.1, 0.15) is 5.58 Å². The number of aromatic nitrogens is 1. The van der Waals surface area contributed by atoms with Crippen LogP contribution in [0.3, 0.4) is 0 Å². The molecule has 0 spiro atoms. The number of rotatable bonds is 4. The summed E-state index contributed by atoms with van der Waals surface area (Å²) in [7, 11) is 0. The van der Waals surface area contributed by atoms with Gasteiger partial charge in [0.2, 0.25) is 5.91 Å². The minimum Gasteiger partial charge on any atom is -0.464 e. The van der Waals surface area contributed by atoms with Crippen LogP contribution in [0.25, 0.3) is 22.2 Å². The molecular weight excluding hydrogens is 404 g/mol. The van der Waals surface area contributed by atoms with Crippen molar-refractivity contribution in [1.29, 1.82) is 0 Å². The van der Waals surface area contributed by atoms with Gasteiger partial charge in [0.25, 0.3) is 0 Å². The van der Waals surface area contributed by atoms with Crippen LogP contribution in [-0.2, 0) is 24.1 Å². The van der Waals surface area contributed by atoms with Gasteiger partial charge in [-0.15, -0.1) is 11.3 Å². The van der Waals surface area contributed by atoms with Gasteiger partial charge in [-0.05, 0) is 61.6 Å². The average molecular weight is 423 g/mol. The molecule has 4 nitrogen and oxygen atoms in total. The Balaban J connectivity index is 1.34. The monoisotopic (exact) mass is 422 g/mol. The fourth-order valence-electron chi connectivity index (χ4n) is 3.95. The van der Waals surface area contributed by atoms with E-state index < -0.39 is 0 Å². The van der Waals surface area contributed by atoms with E-state index in [9.17, 15) is 4.79 Å². The van der Waals surface area contributed by atoms with E-state index in [-0.39, 0.29) is 12.3 Å². The zero-order chi connectivity index (χ0) is 20.0. The van der Waals surface area contributed by atoms with Gasteiger partial charge in [-0.3, -0.25) is 4.79 Å². The standard InChI is InChI=1S/C23H19ClN2O2S/c1-13-22(14-5-7-18(24)8-6-14)26-23(29-13)25-21(27)11-17-12-28-20-10-16-4-2-3-15(16)9-19(17)20/h5-10,12H,2-4,11H2,1H3,(H,25,26,27). The van der Waals surface area contributed by atoms with Gasteiger partial charge < -0.3 is 9.73 Å². The fourth-order valence-corrected chi connectivity index (χ4v) is 4.92. The van der Waals surface area contributed by atoms with Crippen LogP contribution in [0.4, 0.5) is 5.13 Å². The summed E-state index contributed by atoms with van der Waals surface area (Å²) in [5.41, 5.74) is 6.38. The predicted molar refractivity (Wildman–Crippen MR) is 118 cm³/mol. The smallest absolute Gasteiger partial charge is 0.230 e. The number of nitrogens with zero attached hydrogens (tertiary/aromatic N) is 1. The second kappa shape index (κ2) is 7.32. The topological polar surface area (TPSA) is 55.1 Å². The van der Waals surface area contributed by atoms with Gasteiger partial charge in [-0.2, -0.15) is 0 Å². The van der Waals surface area contributed by atoms with E-state index in [1.807, 2.05) is 31.2 Å². The van der Waals surface area contributed by atoms with Crippen LogP contribution in [-0.4, -0.2) is 10.9 Å². The van der Waals surface area contributed by atoms with Crippen molar-refractivity contribution in [3.05, 3.63) is 69.3 Å². The van der Waals surface area contributed by atoms with E-state index in [0.29, 0.717) is 10.2 Å². The van der Waals surface area contributed by atoms with Crippen molar-refractivity contribution < 1.29 is 9.21 Å². The molecule has 4 aromatic rings. The zero-order valence-corrected chi connectivity index (χ0v) is 17.5. The van der Waals surface area contributed by atoms with E-state index >= 15 is 0 Å². The molecule has 29 heavy (non-hydrogen) atoms. The highest BCUT2D eigenvalue weighted by Gasteiger charge is 2.18. The third-order valence-electron chi connectivity index (χ3n) is 5.38. The molecule has 0 saturated heterocycles. The van der Waals surface area contributed by atoms with Crippen molar-refractivity contribution >= 4 is 44.9 Å². The number of benzene rings is 2. The van der Waals surface area contributed by atoms with Gasteiger partial charge in [-0.25, -0.2) is 4.98 Å². The molecule has 1 amide bonds. The summed E-state index contributed by atoms with van der Waals surface area (Å²) in [4.78, 5) is 18.3. The minimum atomic E-state index is -0.0930. The Morgan fingerprint density at radius 2 is 1.97 bits per heavy atom. The number of thiazole rings is 1. The van der Waals surface area contributed by atoms with Crippen LogP contribution >= 0.6 is 22.9 Å². The third-order valence-corrected chi connectivity index (χ3v) is 6.52. The van der Waals surface area contributed by atoms with Crippen LogP contribution in [0.5, 0.6) is 0 Å². The maximum atomic E-state index is 12.7. The van der Waals surface area contributed by atoms with Crippen molar-refractivity contribution in [2.24, 2.45) is 0 Å². The lowest BCUT2D eigenvalue weighted by molar-refractivity contribution is -0.115. The van der Waals surface area contributed by atoms with Gasteiger partial charge >= 0.3 is 0 Å². The van der Waals surface area contributed by atoms with E-state index in [2.05, 4.69) is 22.4 Å². The highest BCUT2D eigenvalue weighted by molar-refractivity contribution is 7.16. The van der Waals surface area contributed by atoms with Crippen LogP contribution in [0, 0.1) is 6.92 Å². The Morgan fingerprint density at radius 3 is 2.76 bits per heavy atom. The molecule has 5 rings (SSSR count). The van der Waals surface area contributed by atoms with Crippen LogP contribution < -0.4 is 5.32 Å².